The Labute approximate surface area is 254 Å². The summed E-state index contributed by atoms with van der Waals surface area (Å²) in [6.45, 7) is 8.90. The molecule has 0 saturated carbocycles. The van der Waals surface area contributed by atoms with Gasteiger partial charge >= 0.3 is 0 Å². The Bertz CT molecular complexity index is 1400. The number of aryl methyl sites for hydroxylation is 2. The molecule has 13 heteroatoms. The van der Waals surface area contributed by atoms with E-state index in [1.807, 2.05) is 0 Å². The second kappa shape index (κ2) is 17.3. The minimum atomic E-state index is -0.460. The van der Waals surface area contributed by atoms with Crippen molar-refractivity contribution >= 4 is 81.1 Å². The van der Waals surface area contributed by atoms with Gasteiger partial charge in [-0.3, -0.25) is 38.4 Å². The highest BCUT2D eigenvalue weighted by Crippen LogP contribution is 2.26. The number of carbonyl (C=O) groups excluding carboxylic acids is 8. The van der Waals surface area contributed by atoms with Crippen LogP contribution >= 0.6 is 11.6 Å². The second-order valence-electron chi connectivity index (χ2n) is 9.88. The molecule has 12 nitrogen and oxygen atoms in total. The molecule has 0 unspecified atom stereocenters. The smallest absolute Gasteiger partial charge is 0.231 e. The Morgan fingerprint density at radius 3 is 1.16 bits per heavy atom. The largest absolute Gasteiger partial charge is 0.326 e. The van der Waals surface area contributed by atoms with Gasteiger partial charge in [-0.05, 0) is 83.0 Å². The number of hydrogen-bond acceptors (Lipinski definition) is 8. The van der Waals surface area contributed by atoms with Crippen molar-refractivity contribution in [3.05, 3.63) is 46.5 Å². The van der Waals surface area contributed by atoms with E-state index in [1.165, 1.54) is 45.9 Å². The summed E-state index contributed by atoms with van der Waals surface area (Å²) in [5, 5.41) is 10.6. The summed E-state index contributed by atoms with van der Waals surface area (Å²) >= 11 is 5.98. The highest BCUT2D eigenvalue weighted by atomic mass is 35.5. The number of anilines is 4. The van der Waals surface area contributed by atoms with E-state index in [9.17, 15) is 38.4 Å². The number of hydrogen-bond donors (Lipinski definition) is 4. The molecule has 0 heterocycles. The molecule has 4 N–H and O–H groups in total. The molecule has 0 fully saturated rings. The monoisotopic (exact) mass is 614 g/mol. The van der Waals surface area contributed by atoms with Gasteiger partial charge in [-0.25, -0.2) is 0 Å². The number of halogens is 1. The van der Waals surface area contributed by atoms with Crippen LogP contribution in [0.5, 0.6) is 0 Å². The average molecular weight is 615 g/mol. The van der Waals surface area contributed by atoms with Crippen LogP contribution in [0.4, 0.5) is 22.7 Å². The predicted molar refractivity (Wildman–Crippen MR) is 163 cm³/mol. The number of Topliss-reactive ketones (excluding diaryl/α,β-unsaturated/α-hetero) is 4. The third kappa shape index (κ3) is 14.7. The SMILES string of the molecule is CC(=O)CC(=O)Nc1cc(C)c(NC(=O)CC(C)=O)cc1C.CC(=O)CC(=O)Nc1ccc(NC(=O)CC(C)=O)c(Cl)c1. The molecule has 0 bridgehead atoms. The van der Waals surface area contributed by atoms with Crippen LogP contribution in [0.2, 0.25) is 5.02 Å². The summed E-state index contributed by atoms with van der Waals surface area (Å²) in [5.41, 5.74) is 3.44. The molecule has 0 aromatic heterocycles. The van der Waals surface area contributed by atoms with Gasteiger partial charge in [0.05, 0.1) is 36.4 Å². The van der Waals surface area contributed by atoms with E-state index in [-0.39, 0.29) is 65.7 Å². The summed E-state index contributed by atoms with van der Waals surface area (Å²) in [6, 6.07) is 7.92. The Hall–Kier alpha value is -4.71. The quantitative estimate of drug-likeness (QED) is 0.255. The number of amides is 4. The molecular formula is C30H35ClN4O8. The van der Waals surface area contributed by atoms with Crippen molar-refractivity contribution in [2.75, 3.05) is 21.3 Å². The van der Waals surface area contributed by atoms with Crippen LogP contribution in [0.3, 0.4) is 0 Å². The minimum Gasteiger partial charge on any atom is -0.326 e. The van der Waals surface area contributed by atoms with Crippen molar-refractivity contribution < 1.29 is 38.4 Å². The Morgan fingerprint density at radius 1 is 0.512 bits per heavy atom. The van der Waals surface area contributed by atoms with Crippen LogP contribution in [-0.4, -0.2) is 46.8 Å². The van der Waals surface area contributed by atoms with Gasteiger partial charge in [0.1, 0.15) is 23.1 Å². The standard InChI is InChI=1S/C16H20N2O4.C14H15ClN2O4/c1-9-5-14(18-16(22)8-12(4)20)10(2)6-13(9)17-15(21)7-11(3)19;1-8(18)5-13(20)16-10-3-4-12(11(15)7-10)17-14(21)6-9(2)19/h5-6H,7-8H2,1-4H3,(H,17,21)(H,18,22);3-4,7H,5-6H2,1-2H3,(H,16,20)(H,17,21). The fourth-order valence-electron chi connectivity index (χ4n) is 3.47. The average Bonchev–Trinajstić information content (AvgIpc) is 2.82. The highest BCUT2D eigenvalue weighted by Gasteiger charge is 2.13. The molecule has 0 spiro atoms. The van der Waals surface area contributed by atoms with E-state index >= 15 is 0 Å². The lowest BCUT2D eigenvalue weighted by Crippen LogP contribution is -2.17. The van der Waals surface area contributed by atoms with Crippen molar-refractivity contribution in [1.29, 1.82) is 0 Å². The van der Waals surface area contributed by atoms with Crippen LogP contribution < -0.4 is 21.3 Å². The maximum absolute atomic E-state index is 11.6. The van der Waals surface area contributed by atoms with E-state index in [0.29, 0.717) is 22.7 Å². The first-order chi connectivity index (χ1) is 20.0. The summed E-state index contributed by atoms with van der Waals surface area (Å²) in [6.07, 6.45) is -0.784. The van der Waals surface area contributed by atoms with Gasteiger partial charge in [-0.1, -0.05) is 11.6 Å². The lowest BCUT2D eigenvalue weighted by Gasteiger charge is -2.13. The van der Waals surface area contributed by atoms with E-state index in [4.69, 9.17) is 11.6 Å². The zero-order valence-electron chi connectivity index (χ0n) is 24.9. The number of carbonyl (C=O) groups is 8. The summed E-state index contributed by atoms with van der Waals surface area (Å²) in [5.74, 6) is -2.56. The number of rotatable bonds is 12. The van der Waals surface area contributed by atoms with Crippen molar-refractivity contribution in [2.24, 2.45) is 0 Å². The van der Waals surface area contributed by atoms with Crippen LogP contribution in [-0.2, 0) is 38.4 Å². The van der Waals surface area contributed by atoms with Crippen molar-refractivity contribution in [3.8, 4) is 0 Å². The molecule has 0 saturated heterocycles. The molecule has 2 rings (SSSR count). The van der Waals surface area contributed by atoms with Crippen molar-refractivity contribution in [3.63, 3.8) is 0 Å². The van der Waals surface area contributed by atoms with Gasteiger partial charge in [-0.2, -0.15) is 0 Å². The summed E-state index contributed by atoms with van der Waals surface area (Å²) in [4.78, 5) is 89.6. The van der Waals surface area contributed by atoms with Crippen molar-refractivity contribution in [1.82, 2.24) is 0 Å². The Balaban J connectivity index is 0.000000430. The number of nitrogens with one attached hydrogen (secondary N) is 4. The fourth-order valence-corrected chi connectivity index (χ4v) is 3.70. The number of benzene rings is 2. The first-order valence-corrected chi connectivity index (χ1v) is 13.4. The molecule has 0 radical (unpaired) electrons. The Morgan fingerprint density at radius 2 is 0.837 bits per heavy atom. The molecule has 0 aliphatic rings. The molecule has 0 atom stereocenters. The lowest BCUT2D eigenvalue weighted by atomic mass is 10.1. The third-order valence-corrected chi connectivity index (χ3v) is 5.60. The van der Waals surface area contributed by atoms with Gasteiger partial charge < -0.3 is 21.3 Å². The third-order valence-electron chi connectivity index (χ3n) is 5.28. The van der Waals surface area contributed by atoms with Gasteiger partial charge in [-0.15, -0.1) is 0 Å². The van der Waals surface area contributed by atoms with E-state index in [1.54, 1.807) is 26.0 Å². The maximum atomic E-state index is 11.6. The number of ketones is 4. The zero-order valence-corrected chi connectivity index (χ0v) is 25.6. The topological polar surface area (TPSA) is 185 Å². The molecule has 43 heavy (non-hydrogen) atoms. The molecule has 0 aliphatic carbocycles. The van der Waals surface area contributed by atoms with Gasteiger partial charge in [0.15, 0.2) is 0 Å². The first kappa shape index (κ1) is 36.3. The second-order valence-corrected chi connectivity index (χ2v) is 10.3. The van der Waals surface area contributed by atoms with E-state index < -0.39 is 11.8 Å². The van der Waals surface area contributed by atoms with Gasteiger partial charge in [0, 0.05) is 17.1 Å². The van der Waals surface area contributed by atoms with Crippen molar-refractivity contribution in [2.45, 2.75) is 67.2 Å². The fraction of sp³-hybridized carbons (Fsp3) is 0.333. The predicted octanol–water partition coefficient (Wildman–Crippen LogP) is 4.31. The molecular weight excluding hydrogens is 580 g/mol. The lowest BCUT2D eigenvalue weighted by molar-refractivity contribution is -0.125. The molecule has 0 aliphatic heterocycles. The van der Waals surface area contributed by atoms with E-state index in [0.717, 1.165) is 11.1 Å². The highest BCUT2D eigenvalue weighted by molar-refractivity contribution is 6.34. The van der Waals surface area contributed by atoms with E-state index in [2.05, 4.69) is 21.3 Å². The van der Waals surface area contributed by atoms with Gasteiger partial charge in [0.2, 0.25) is 23.6 Å². The molecule has 230 valence electrons. The molecule has 2 aromatic rings. The normalized spacial score (nSPS) is 9.93. The molecule has 4 amide bonds. The summed E-state index contributed by atoms with van der Waals surface area (Å²) in [7, 11) is 0. The van der Waals surface area contributed by atoms with Crippen LogP contribution in [0.1, 0.15) is 64.5 Å². The zero-order chi connectivity index (χ0) is 32.9. The maximum Gasteiger partial charge on any atom is 0.231 e. The Kier molecular flexibility index (Phi) is 14.6. The summed E-state index contributed by atoms with van der Waals surface area (Å²) < 4.78 is 0. The van der Waals surface area contributed by atoms with Crippen LogP contribution in [0, 0.1) is 13.8 Å². The van der Waals surface area contributed by atoms with Crippen LogP contribution in [0.15, 0.2) is 30.3 Å². The first-order valence-electron chi connectivity index (χ1n) is 13.0. The molecule has 2 aromatic carbocycles. The van der Waals surface area contributed by atoms with Gasteiger partial charge in [0.25, 0.3) is 0 Å². The van der Waals surface area contributed by atoms with Crippen LogP contribution in [0.25, 0.3) is 0 Å². The minimum absolute atomic E-state index is 0.171.